The summed E-state index contributed by atoms with van der Waals surface area (Å²) >= 11 is 3.39. The number of rotatable bonds is 3. The molecule has 0 radical (unpaired) electrons. The molecule has 17 heavy (non-hydrogen) atoms. The van der Waals surface area contributed by atoms with Crippen molar-refractivity contribution in [3.05, 3.63) is 28.7 Å². The van der Waals surface area contributed by atoms with Crippen LogP contribution in [-0.4, -0.2) is 29.9 Å². The van der Waals surface area contributed by atoms with Crippen LogP contribution in [0, 0.1) is 0 Å². The van der Waals surface area contributed by atoms with Gasteiger partial charge in [0.05, 0.1) is 0 Å². The van der Waals surface area contributed by atoms with Gasteiger partial charge in [-0.15, -0.1) is 0 Å². The number of nitrogens with one attached hydrogen (secondary N) is 1. The molecule has 2 rings (SSSR count). The molecule has 1 fully saturated rings. The molecule has 0 bridgehead atoms. The van der Waals surface area contributed by atoms with Crippen LogP contribution in [0.25, 0.3) is 0 Å². The van der Waals surface area contributed by atoms with Crippen LogP contribution in [0.3, 0.4) is 0 Å². The van der Waals surface area contributed by atoms with E-state index in [4.69, 9.17) is 0 Å². The minimum absolute atomic E-state index is 0.158. The quantitative estimate of drug-likeness (QED) is 0.930. The molecule has 1 aromatic carbocycles. The van der Waals surface area contributed by atoms with Gasteiger partial charge >= 0.3 is 0 Å². The molecule has 0 aliphatic carbocycles. The van der Waals surface area contributed by atoms with Crippen LogP contribution in [0.1, 0.15) is 19.8 Å². The van der Waals surface area contributed by atoms with Gasteiger partial charge in [-0.25, -0.2) is 0 Å². The molecule has 1 unspecified atom stereocenters. The summed E-state index contributed by atoms with van der Waals surface area (Å²) in [5, 5.41) is 3.23. The largest absolute Gasteiger partial charge is 0.374 e. The van der Waals surface area contributed by atoms with Crippen molar-refractivity contribution in [2.45, 2.75) is 25.8 Å². The average molecular weight is 297 g/mol. The number of amides is 1. The van der Waals surface area contributed by atoms with Crippen LogP contribution in [0.15, 0.2) is 28.7 Å². The van der Waals surface area contributed by atoms with Gasteiger partial charge in [-0.1, -0.05) is 15.9 Å². The van der Waals surface area contributed by atoms with E-state index in [2.05, 4.69) is 21.2 Å². The van der Waals surface area contributed by atoms with Crippen LogP contribution in [0.2, 0.25) is 0 Å². The molecule has 0 aromatic heterocycles. The van der Waals surface area contributed by atoms with E-state index in [1.165, 1.54) is 0 Å². The standard InChI is InChI=1S/C13H17BrN2O/c1-10(13(17)16-8-2-3-9-16)15-12-6-4-11(14)5-7-12/h4-7,10,15H,2-3,8-9H2,1H3. The molecular formula is C13H17BrN2O. The molecule has 0 spiro atoms. The van der Waals surface area contributed by atoms with E-state index in [0.29, 0.717) is 0 Å². The van der Waals surface area contributed by atoms with Gasteiger partial charge in [-0.2, -0.15) is 0 Å². The fourth-order valence-corrected chi connectivity index (χ4v) is 2.33. The summed E-state index contributed by atoms with van der Waals surface area (Å²) in [6.07, 6.45) is 2.27. The summed E-state index contributed by atoms with van der Waals surface area (Å²) in [5.74, 6) is 0.199. The first-order valence-electron chi connectivity index (χ1n) is 5.98. The molecule has 0 saturated carbocycles. The van der Waals surface area contributed by atoms with Crippen molar-refractivity contribution in [2.24, 2.45) is 0 Å². The van der Waals surface area contributed by atoms with Crippen LogP contribution in [0.5, 0.6) is 0 Å². The first kappa shape index (κ1) is 12.4. The Morgan fingerprint density at radius 2 is 1.88 bits per heavy atom. The first-order chi connectivity index (χ1) is 8.16. The lowest BCUT2D eigenvalue weighted by molar-refractivity contribution is -0.130. The van der Waals surface area contributed by atoms with Gasteiger partial charge in [0.25, 0.3) is 0 Å². The third-order valence-electron chi connectivity index (χ3n) is 3.02. The van der Waals surface area contributed by atoms with Gasteiger partial charge in [0.1, 0.15) is 6.04 Å². The lowest BCUT2D eigenvalue weighted by atomic mass is 10.2. The Balaban J connectivity index is 1.93. The minimum atomic E-state index is -0.158. The maximum absolute atomic E-state index is 12.1. The highest BCUT2D eigenvalue weighted by Crippen LogP contribution is 2.16. The molecule has 1 heterocycles. The van der Waals surface area contributed by atoms with Crippen molar-refractivity contribution in [2.75, 3.05) is 18.4 Å². The highest BCUT2D eigenvalue weighted by atomic mass is 79.9. The predicted octanol–water partition coefficient (Wildman–Crippen LogP) is 2.87. The Labute approximate surface area is 110 Å². The van der Waals surface area contributed by atoms with E-state index >= 15 is 0 Å². The van der Waals surface area contributed by atoms with Crippen LogP contribution < -0.4 is 5.32 Å². The molecule has 1 saturated heterocycles. The molecule has 1 aliphatic heterocycles. The Hall–Kier alpha value is -1.03. The van der Waals surface area contributed by atoms with E-state index in [1.807, 2.05) is 36.1 Å². The lowest BCUT2D eigenvalue weighted by Gasteiger charge is -2.21. The SMILES string of the molecule is CC(Nc1ccc(Br)cc1)C(=O)N1CCCC1. The summed E-state index contributed by atoms with van der Waals surface area (Å²) in [4.78, 5) is 14.0. The molecule has 92 valence electrons. The smallest absolute Gasteiger partial charge is 0.244 e. The Bertz CT molecular complexity index is 385. The fourth-order valence-electron chi connectivity index (χ4n) is 2.07. The van der Waals surface area contributed by atoms with Crippen molar-refractivity contribution < 1.29 is 4.79 Å². The number of likely N-dealkylation sites (tertiary alicyclic amines) is 1. The third kappa shape index (κ3) is 3.22. The van der Waals surface area contributed by atoms with E-state index in [9.17, 15) is 4.79 Å². The van der Waals surface area contributed by atoms with Crippen molar-refractivity contribution >= 4 is 27.5 Å². The normalized spacial score (nSPS) is 16.9. The lowest BCUT2D eigenvalue weighted by Crippen LogP contribution is -2.39. The van der Waals surface area contributed by atoms with E-state index < -0.39 is 0 Å². The number of hydrogen-bond donors (Lipinski definition) is 1. The van der Waals surface area contributed by atoms with Crippen molar-refractivity contribution in [3.63, 3.8) is 0 Å². The monoisotopic (exact) mass is 296 g/mol. The van der Waals surface area contributed by atoms with Gasteiger partial charge in [-0.3, -0.25) is 4.79 Å². The second kappa shape index (κ2) is 5.54. The number of anilines is 1. The Morgan fingerprint density at radius 3 is 2.47 bits per heavy atom. The third-order valence-corrected chi connectivity index (χ3v) is 3.54. The second-order valence-electron chi connectivity index (χ2n) is 4.41. The number of nitrogens with zero attached hydrogens (tertiary/aromatic N) is 1. The summed E-state index contributed by atoms with van der Waals surface area (Å²) in [7, 11) is 0. The van der Waals surface area contributed by atoms with Crippen LogP contribution >= 0.6 is 15.9 Å². The molecule has 4 heteroatoms. The molecule has 3 nitrogen and oxygen atoms in total. The number of halogens is 1. The second-order valence-corrected chi connectivity index (χ2v) is 5.32. The van der Waals surface area contributed by atoms with Gasteiger partial charge in [0.2, 0.25) is 5.91 Å². The zero-order valence-electron chi connectivity index (χ0n) is 9.95. The minimum Gasteiger partial charge on any atom is -0.374 e. The average Bonchev–Trinajstić information content (AvgIpc) is 2.84. The summed E-state index contributed by atoms with van der Waals surface area (Å²) < 4.78 is 1.04. The molecule has 1 amide bonds. The molecule has 1 N–H and O–H groups in total. The zero-order chi connectivity index (χ0) is 12.3. The van der Waals surface area contributed by atoms with Gasteiger partial charge < -0.3 is 10.2 Å². The van der Waals surface area contributed by atoms with Crippen molar-refractivity contribution in [1.82, 2.24) is 4.90 Å². The van der Waals surface area contributed by atoms with Crippen molar-refractivity contribution in [3.8, 4) is 0 Å². The van der Waals surface area contributed by atoms with E-state index in [1.54, 1.807) is 0 Å². The Kier molecular flexibility index (Phi) is 4.05. The highest BCUT2D eigenvalue weighted by molar-refractivity contribution is 9.10. The molecule has 1 aromatic rings. The number of carbonyl (C=O) groups is 1. The van der Waals surface area contributed by atoms with Gasteiger partial charge in [-0.05, 0) is 44.0 Å². The fraction of sp³-hybridized carbons (Fsp3) is 0.462. The van der Waals surface area contributed by atoms with Crippen molar-refractivity contribution in [1.29, 1.82) is 0 Å². The molecule has 1 atom stereocenters. The first-order valence-corrected chi connectivity index (χ1v) is 6.77. The summed E-state index contributed by atoms with van der Waals surface area (Å²) in [6, 6.07) is 7.72. The van der Waals surface area contributed by atoms with E-state index in [0.717, 1.165) is 36.1 Å². The number of carbonyl (C=O) groups excluding carboxylic acids is 1. The van der Waals surface area contributed by atoms with Gasteiger partial charge in [0, 0.05) is 23.2 Å². The van der Waals surface area contributed by atoms with E-state index in [-0.39, 0.29) is 11.9 Å². The topological polar surface area (TPSA) is 32.3 Å². The van der Waals surface area contributed by atoms with Crippen LogP contribution in [0.4, 0.5) is 5.69 Å². The highest BCUT2D eigenvalue weighted by Gasteiger charge is 2.22. The zero-order valence-corrected chi connectivity index (χ0v) is 11.5. The molecule has 1 aliphatic rings. The Morgan fingerprint density at radius 1 is 1.29 bits per heavy atom. The maximum atomic E-state index is 12.1. The predicted molar refractivity (Wildman–Crippen MR) is 73.0 cm³/mol. The maximum Gasteiger partial charge on any atom is 0.244 e. The number of hydrogen-bond acceptors (Lipinski definition) is 2. The molecular weight excluding hydrogens is 280 g/mol. The summed E-state index contributed by atoms with van der Waals surface area (Å²) in [6.45, 7) is 3.74. The van der Waals surface area contributed by atoms with Crippen LogP contribution in [-0.2, 0) is 4.79 Å². The number of benzene rings is 1. The van der Waals surface area contributed by atoms with Gasteiger partial charge in [0.15, 0.2) is 0 Å². The summed E-state index contributed by atoms with van der Waals surface area (Å²) in [5.41, 5.74) is 0.980.